The highest BCUT2D eigenvalue weighted by molar-refractivity contribution is 7.14. The van der Waals surface area contributed by atoms with Crippen molar-refractivity contribution in [1.29, 1.82) is 0 Å². The summed E-state index contributed by atoms with van der Waals surface area (Å²) in [6.07, 6.45) is 12.5. The number of hydrogen-bond donors (Lipinski definition) is 2. The molecule has 2 aromatic heterocycles. The van der Waals surface area contributed by atoms with Crippen LogP contribution in [-0.2, 0) is 6.42 Å². The highest BCUT2D eigenvalue weighted by Gasteiger charge is 2.27. The van der Waals surface area contributed by atoms with Gasteiger partial charge in [0.2, 0.25) is 0 Å². The van der Waals surface area contributed by atoms with Gasteiger partial charge in [-0.25, -0.2) is 9.97 Å². The summed E-state index contributed by atoms with van der Waals surface area (Å²) in [6, 6.07) is 3.92. The largest absolute Gasteiger partial charge is 0.349 e. The molecule has 2 N–H and O–H groups in total. The van der Waals surface area contributed by atoms with Gasteiger partial charge >= 0.3 is 0 Å². The molecule has 2 aliphatic rings. The lowest BCUT2D eigenvalue weighted by molar-refractivity contribution is 0.0883. The SMILES string of the molecule is Cc1ncncc1C(=O)NC(CNC(=O)c1ccc(CC2CC2)s1)C1CCCCC1. The molecule has 0 aromatic carbocycles. The van der Waals surface area contributed by atoms with Crippen LogP contribution in [0.15, 0.2) is 24.7 Å². The second kappa shape index (κ2) is 9.69. The van der Waals surface area contributed by atoms with Crippen molar-refractivity contribution in [2.45, 2.75) is 64.3 Å². The van der Waals surface area contributed by atoms with Gasteiger partial charge < -0.3 is 10.6 Å². The summed E-state index contributed by atoms with van der Waals surface area (Å²) in [7, 11) is 0. The first kappa shape index (κ1) is 21.0. The number of aryl methyl sites for hydroxylation is 1. The Balaban J connectivity index is 1.39. The van der Waals surface area contributed by atoms with Crippen molar-refractivity contribution in [2.24, 2.45) is 11.8 Å². The summed E-state index contributed by atoms with van der Waals surface area (Å²) in [5.74, 6) is 0.981. The van der Waals surface area contributed by atoms with E-state index in [0.717, 1.165) is 30.1 Å². The van der Waals surface area contributed by atoms with Gasteiger partial charge in [0.05, 0.1) is 16.1 Å². The van der Waals surface area contributed by atoms with Gasteiger partial charge in [0.15, 0.2) is 0 Å². The molecule has 0 radical (unpaired) electrons. The van der Waals surface area contributed by atoms with E-state index in [2.05, 4.69) is 26.7 Å². The third-order valence-electron chi connectivity index (χ3n) is 6.25. The smallest absolute Gasteiger partial charge is 0.261 e. The molecular formula is C23H30N4O2S. The fourth-order valence-corrected chi connectivity index (χ4v) is 5.28. The number of carbonyl (C=O) groups excluding carboxylic acids is 2. The van der Waals surface area contributed by atoms with Crippen LogP contribution in [0.5, 0.6) is 0 Å². The molecule has 160 valence electrons. The van der Waals surface area contributed by atoms with Crippen molar-refractivity contribution in [2.75, 3.05) is 6.54 Å². The average molecular weight is 427 g/mol. The Morgan fingerprint density at radius 1 is 1.13 bits per heavy atom. The number of nitrogens with zero attached hydrogens (tertiary/aromatic N) is 2. The Labute approximate surface area is 181 Å². The molecule has 1 atom stereocenters. The molecule has 2 heterocycles. The molecular weight excluding hydrogens is 396 g/mol. The van der Waals surface area contributed by atoms with Crippen molar-refractivity contribution >= 4 is 23.2 Å². The summed E-state index contributed by atoms with van der Waals surface area (Å²) in [6.45, 7) is 2.25. The number of rotatable bonds is 8. The van der Waals surface area contributed by atoms with E-state index in [9.17, 15) is 9.59 Å². The molecule has 0 saturated heterocycles. The zero-order valence-electron chi connectivity index (χ0n) is 17.5. The van der Waals surface area contributed by atoms with E-state index < -0.39 is 0 Å². The Kier molecular flexibility index (Phi) is 6.77. The number of hydrogen-bond acceptors (Lipinski definition) is 5. The van der Waals surface area contributed by atoms with Crippen molar-refractivity contribution < 1.29 is 9.59 Å². The van der Waals surface area contributed by atoms with Gasteiger partial charge in [-0.1, -0.05) is 19.3 Å². The van der Waals surface area contributed by atoms with E-state index in [1.54, 1.807) is 17.5 Å². The van der Waals surface area contributed by atoms with Crippen molar-refractivity contribution in [3.8, 4) is 0 Å². The zero-order chi connectivity index (χ0) is 20.9. The lowest BCUT2D eigenvalue weighted by Gasteiger charge is -2.31. The first-order valence-corrected chi connectivity index (χ1v) is 11.9. The van der Waals surface area contributed by atoms with Crippen LogP contribution in [0, 0.1) is 18.8 Å². The first-order chi connectivity index (χ1) is 14.6. The monoisotopic (exact) mass is 426 g/mol. The van der Waals surface area contributed by atoms with E-state index in [-0.39, 0.29) is 17.9 Å². The zero-order valence-corrected chi connectivity index (χ0v) is 18.3. The minimum Gasteiger partial charge on any atom is -0.349 e. The van der Waals surface area contributed by atoms with Crippen LogP contribution >= 0.6 is 11.3 Å². The Morgan fingerprint density at radius 2 is 1.93 bits per heavy atom. The Hall–Kier alpha value is -2.28. The van der Waals surface area contributed by atoms with E-state index in [1.807, 2.05) is 13.0 Å². The lowest BCUT2D eigenvalue weighted by atomic mass is 9.83. The molecule has 6 nitrogen and oxygen atoms in total. The molecule has 30 heavy (non-hydrogen) atoms. The molecule has 2 fully saturated rings. The minimum absolute atomic E-state index is 0.0451. The molecule has 4 rings (SSSR count). The van der Waals surface area contributed by atoms with E-state index in [1.165, 1.54) is 43.3 Å². The topological polar surface area (TPSA) is 84.0 Å². The van der Waals surface area contributed by atoms with Gasteiger partial charge in [0, 0.05) is 23.7 Å². The fraction of sp³-hybridized carbons (Fsp3) is 0.565. The van der Waals surface area contributed by atoms with Gasteiger partial charge in [-0.2, -0.15) is 0 Å². The van der Waals surface area contributed by atoms with Gasteiger partial charge in [-0.05, 0) is 63.0 Å². The molecule has 2 amide bonds. The normalized spacial score (nSPS) is 18.0. The van der Waals surface area contributed by atoms with Crippen LogP contribution in [0.1, 0.15) is 75.5 Å². The number of nitrogens with one attached hydrogen (secondary N) is 2. The van der Waals surface area contributed by atoms with E-state index in [4.69, 9.17) is 0 Å². The predicted molar refractivity (Wildman–Crippen MR) is 118 cm³/mol. The van der Waals surface area contributed by atoms with Crippen molar-refractivity contribution in [1.82, 2.24) is 20.6 Å². The summed E-state index contributed by atoms with van der Waals surface area (Å²) in [5.41, 5.74) is 1.16. The van der Waals surface area contributed by atoms with Crippen LogP contribution < -0.4 is 10.6 Å². The molecule has 7 heteroatoms. The van der Waals surface area contributed by atoms with Gasteiger partial charge in [-0.3, -0.25) is 9.59 Å². The second-order valence-electron chi connectivity index (χ2n) is 8.62. The summed E-state index contributed by atoms with van der Waals surface area (Å²) >= 11 is 1.59. The van der Waals surface area contributed by atoms with Gasteiger partial charge in [-0.15, -0.1) is 11.3 Å². The van der Waals surface area contributed by atoms with Crippen LogP contribution in [0.25, 0.3) is 0 Å². The van der Waals surface area contributed by atoms with Crippen LogP contribution in [-0.4, -0.2) is 34.4 Å². The molecule has 0 bridgehead atoms. The summed E-state index contributed by atoms with van der Waals surface area (Å²) < 4.78 is 0. The van der Waals surface area contributed by atoms with E-state index >= 15 is 0 Å². The summed E-state index contributed by atoms with van der Waals surface area (Å²) in [5, 5.41) is 6.24. The minimum atomic E-state index is -0.166. The highest BCUT2D eigenvalue weighted by atomic mass is 32.1. The maximum atomic E-state index is 12.8. The average Bonchev–Trinajstić information content (AvgIpc) is 3.45. The van der Waals surface area contributed by atoms with Gasteiger partial charge in [0.1, 0.15) is 6.33 Å². The third-order valence-corrected chi connectivity index (χ3v) is 7.35. The molecule has 2 aliphatic carbocycles. The van der Waals surface area contributed by atoms with Crippen LogP contribution in [0.4, 0.5) is 0 Å². The molecule has 0 aliphatic heterocycles. The number of aromatic nitrogens is 2. The first-order valence-electron chi connectivity index (χ1n) is 11.0. The molecule has 1 unspecified atom stereocenters. The summed E-state index contributed by atoms with van der Waals surface area (Å²) in [4.78, 5) is 35.7. The van der Waals surface area contributed by atoms with Crippen molar-refractivity contribution in [3.63, 3.8) is 0 Å². The lowest BCUT2D eigenvalue weighted by Crippen LogP contribution is -2.48. The maximum absolute atomic E-state index is 12.8. The number of carbonyl (C=O) groups is 2. The Bertz CT molecular complexity index is 887. The molecule has 2 saturated carbocycles. The second-order valence-corrected chi connectivity index (χ2v) is 9.79. The van der Waals surface area contributed by atoms with Gasteiger partial charge in [0.25, 0.3) is 11.8 Å². The quantitative estimate of drug-likeness (QED) is 0.670. The number of thiophene rings is 1. The third kappa shape index (κ3) is 5.45. The molecule has 0 spiro atoms. The molecule has 2 aromatic rings. The van der Waals surface area contributed by atoms with E-state index in [0.29, 0.717) is 23.7 Å². The van der Waals surface area contributed by atoms with Crippen LogP contribution in [0.3, 0.4) is 0 Å². The van der Waals surface area contributed by atoms with Crippen LogP contribution in [0.2, 0.25) is 0 Å². The highest BCUT2D eigenvalue weighted by Crippen LogP contribution is 2.34. The maximum Gasteiger partial charge on any atom is 0.261 e. The Morgan fingerprint density at radius 3 is 2.67 bits per heavy atom. The van der Waals surface area contributed by atoms with Crippen molar-refractivity contribution in [3.05, 3.63) is 45.7 Å². The fourth-order valence-electron chi connectivity index (χ4n) is 4.24. The standard InChI is InChI=1S/C23H30N4O2S/c1-15-19(12-24-14-26-15)22(28)27-20(17-5-3-2-4-6-17)13-25-23(29)21-10-9-18(30-21)11-16-7-8-16/h9-10,12,14,16-17,20H,2-8,11,13H2,1H3,(H,25,29)(H,27,28). The number of amides is 2. The predicted octanol–water partition coefficient (Wildman–Crippen LogP) is 3.91.